The fraction of sp³-hybridized carbons (Fsp3) is 0.250. The van der Waals surface area contributed by atoms with Crippen molar-refractivity contribution in [3.05, 3.63) is 49.3 Å². The Morgan fingerprint density at radius 3 is 2.64 bits per heavy atom. The zero-order chi connectivity index (χ0) is 19.7. The largest absolute Gasteiger partial charge is 0.382 e. The van der Waals surface area contributed by atoms with Gasteiger partial charge in [0, 0.05) is 50.0 Å². The standard InChI is InChI=1S/C20H22N8/c1-13(2)10-27(3)17-8-16(24-12-25-17)18-19(21)26-28-11-15(9-23-20(18)28)14-4-6-22-7-5-14/h4-9,11-13H,10H2,1-3H3,(H2,21,26). The Hall–Kier alpha value is -3.55. The van der Waals surface area contributed by atoms with Gasteiger partial charge in [0.1, 0.15) is 12.1 Å². The minimum Gasteiger partial charge on any atom is -0.382 e. The number of hydrogen-bond acceptors (Lipinski definition) is 7. The van der Waals surface area contributed by atoms with E-state index < -0.39 is 0 Å². The molecule has 0 aromatic carbocycles. The van der Waals surface area contributed by atoms with Crippen LogP contribution in [0.4, 0.5) is 11.6 Å². The predicted molar refractivity (Wildman–Crippen MR) is 110 cm³/mol. The molecule has 0 radical (unpaired) electrons. The van der Waals surface area contributed by atoms with E-state index in [1.54, 1.807) is 23.2 Å². The molecule has 4 heterocycles. The minimum absolute atomic E-state index is 0.385. The lowest BCUT2D eigenvalue weighted by molar-refractivity contribution is 0.634. The number of nitrogens with two attached hydrogens (primary N) is 1. The molecule has 0 spiro atoms. The fourth-order valence-corrected chi connectivity index (χ4v) is 3.22. The number of nitrogen functional groups attached to an aromatic ring is 1. The van der Waals surface area contributed by atoms with E-state index in [2.05, 4.69) is 43.8 Å². The molecule has 0 aliphatic heterocycles. The summed E-state index contributed by atoms with van der Waals surface area (Å²) in [6.07, 6.45) is 8.76. The van der Waals surface area contributed by atoms with E-state index in [-0.39, 0.29) is 0 Å². The van der Waals surface area contributed by atoms with Crippen molar-refractivity contribution in [3.8, 4) is 22.4 Å². The van der Waals surface area contributed by atoms with Crippen molar-refractivity contribution in [2.45, 2.75) is 13.8 Å². The van der Waals surface area contributed by atoms with Crippen LogP contribution >= 0.6 is 0 Å². The van der Waals surface area contributed by atoms with Gasteiger partial charge in [0.05, 0.1) is 11.3 Å². The summed E-state index contributed by atoms with van der Waals surface area (Å²) in [5.41, 5.74) is 10.2. The smallest absolute Gasteiger partial charge is 0.166 e. The van der Waals surface area contributed by atoms with Gasteiger partial charge in [-0.15, -0.1) is 5.10 Å². The lowest BCUT2D eigenvalue weighted by atomic mass is 10.1. The van der Waals surface area contributed by atoms with Crippen LogP contribution < -0.4 is 10.6 Å². The predicted octanol–water partition coefficient (Wildman–Crippen LogP) is 2.92. The molecule has 0 saturated heterocycles. The summed E-state index contributed by atoms with van der Waals surface area (Å²) in [5, 5.41) is 4.44. The summed E-state index contributed by atoms with van der Waals surface area (Å²) in [4.78, 5) is 19.6. The van der Waals surface area contributed by atoms with Gasteiger partial charge in [-0.2, -0.15) is 0 Å². The number of pyridine rings is 1. The first-order chi connectivity index (χ1) is 13.5. The van der Waals surface area contributed by atoms with Crippen LogP contribution in [-0.4, -0.2) is 43.1 Å². The summed E-state index contributed by atoms with van der Waals surface area (Å²) in [5.74, 6) is 1.75. The Balaban J connectivity index is 1.76. The normalized spacial score (nSPS) is 11.3. The number of rotatable bonds is 5. The maximum absolute atomic E-state index is 6.23. The highest BCUT2D eigenvalue weighted by Crippen LogP contribution is 2.30. The van der Waals surface area contributed by atoms with Crippen molar-refractivity contribution in [3.63, 3.8) is 0 Å². The third-order valence-electron chi connectivity index (χ3n) is 4.45. The van der Waals surface area contributed by atoms with Gasteiger partial charge in [-0.05, 0) is 23.6 Å². The molecule has 142 valence electrons. The SMILES string of the molecule is CC(C)CN(C)c1cc(-c2c(N)nn3cc(-c4ccncc4)cnc23)ncn1. The molecule has 0 saturated carbocycles. The van der Waals surface area contributed by atoms with Gasteiger partial charge in [0.15, 0.2) is 11.5 Å². The molecule has 0 bridgehead atoms. The molecule has 2 N–H and O–H groups in total. The molecule has 0 aliphatic carbocycles. The van der Waals surface area contributed by atoms with Crippen LogP contribution in [0.15, 0.2) is 49.3 Å². The number of nitrogens with zero attached hydrogens (tertiary/aromatic N) is 7. The van der Waals surface area contributed by atoms with Gasteiger partial charge < -0.3 is 10.6 Å². The Morgan fingerprint density at radius 1 is 1.11 bits per heavy atom. The molecule has 4 rings (SSSR count). The van der Waals surface area contributed by atoms with Gasteiger partial charge >= 0.3 is 0 Å². The Morgan fingerprint density at radius 2 is 1.89 bits per heavy atom. The first kappa shape index (κ1) is 17.8. The molecule has 0 aliphatic rings. The lowest BCUT2D eigenvalue weighted by Gasteiger charge is -2.20. The highest BCUT2D eigenvalue weighted by molar-refractivity contribution is 5.85. The van der Waals surface area contributed by atoms with Crippen molar-refractivity contribution < 1.29 is 0 Å². The van der Waals surface area contributed by atoms with Crippen LogP contribution in [0.25, 0.3) is 28.0 Å². The third-order valence-corrected chi connectivity index (χ3v) is 4.45. The van der Waals surface area contributed by atoms with E-state index in [0.717, 1.165) is 23.5 Å². The van der Waals surface area contributed by atoms with E-state index in [0.29, 0.717) is 28.6 Å². The highest BCUT2D eigenvalue weighted by atomic mass is 15.3. The summed E-state index contributed by atoms with van der Waals surface area (Å²) in [6.45, 7) is 5.24. The molecule has 0 atom stereocenters. The van der Waals surface area contributed by atoms with Crippen molar-refractivity contribution >= 4 is 17.3 Å². The molecule has 8 heteroatoms. The average molecular weight is 374 g/mol. The third kappa shape index (κ3) is 3.36. The molecule has 0 amide bonds. The van der Waals surface area contributed by atoms with Crippen molar-refractivity contribution in [2.24, 2.45) is 5.92 Å². The quantitative estimate of drug-likeness (QED) is 0.573. The Bertz CT molecular complexity index is 1100. The molecule has 8 nitrogen and oxygen atoms in total. The van der Waals surface area contributed by atoms with Crippen LogP contribution in [0.2, 0.25) is 0 Å². The lowest BCUT2D eigenvalue weighted by Crippen LogP contribution is -2.23. The molecular weight excluding hydrogens is 352 g/mol. The van der Waals surface area contributed by atoms with E-state index in [1.807, 2.05) is 37.6 Å². The van der Waals surface area contributed by atoms with Gasteiger partial charge in [0.25, 0.3) is 0 Å². The van der Waals surface area contributed by atoms with Crippen molar-refractivity contribution in [1.29, 1.82) is 0 Å². The molecule has 4 aromatic heterocycles. The van der Waals surface area contributed by atoms with Crippen LogP contribution in [-0.2, 0) is 0 Å². The average Bonchev–Trinajstić information content (AvgIpc) is 3.03. The van der Waals surface area contributed by atoms with Crippen LogP contribution in [0.1, 0.15) is 13.8 Å². The Labute approximate surface area is 163 Å². The van der Waals surface area contributed by atoms with E-state index >= 15 is 0 Å². The maximum Gasteiger partial charge on any atom is 0.166 e. The second-order valence-electron chi connectivity index (χ2n) is 7.14. The summed E-state index contributed by atoms with van der Waals surface area (Å²) in [7, 11) is 2.02. The molecule has 28 heavy (non-hydrogen) atoms. The summed E-state index contributed by atoms with van der Waals surface area (Å²) < 4.78 is 1.69. The number of anilines is 2. The topological polar surface area (TPSA) is 98.1 Å². The number of fused-ring (bicyclic) bond motifs is 1. The Kier molecular flexibility index (Phi) is 4.60. The maximum atomic E-state index is 6.23. The highest BCUT2D eigenvalue weighted by Gasteiger charge is 2.17. The van der Waals surface area contributed by atoms with Crippen LogP contribution in [0.3, 0.4) is 0 Å². The first-order valence-electron chi connectivity index (χ1n) is 9.10. The molecule has 4 aromatic rings. The number of aromatic nitrogens is 6. The molecular formula is C20H22N8. The van der Waals surface area contributed by atoms with Crippen molar-refractivity contribution in [1.82, 2.24) is 29.5 Å². The van der Waals surface area contributed by atoms with Gasteiger partial charge in [-0.3, -0.25) is 4.98 Å². The monoisotopic (exact) mass is 374 g/mol. The summed E-state index contributed by atoms with van der Waals surface area (Å²) >= 11 is 0. The molecule has 0 unspecified atom stereocenters. The second kappa shape index (κ2) is 7.22. The van der Waals surface area contributed by atoms with Gasteiger partial charge in [-0.25, -0.2) is 19.5 Å². The zero-order valence-corrected chi connectivity index (χ0v) is 16.1. The van der Waals surface area contributed by atoms with E-state index in [4.69, 9.17) is 5.73 Å². The van der Waals surface area contributed by atoms with Crippen LogP contribution in [0.5, 0.6) is 0 Å². The van der Waals surface area contributed by atoms with E-state index in [1.165, 1.54) is 0 Å². The second-order valence-corrected chi connectivity index (χ2v) is 7.14. The fourth-order valence-electron chi connectivity index (χ4n) is 3.22. The van der Waals surface area contributed by atoms with Gasteiger partial charge in [-0.1, -0.05) is 13.8 Å². The van der Waals surface area contributed by atoms with Crippen molar-refractivity contribution in [2.75, 3.05) is 24.2 Å². The first-order valence-corrected chi connectivity index (χ1v) is 9.10. The summed E-state index contributed by atoms with van der Waals surface area (Å²) in [6, 6.07) is 5.78. The number of hydrogen-bond donors (Lipinski definition) is 1. The van der Waals surface area contributed by atoms with E-state index in [9.17, 15) is 0 Å². The van der Waals surface area contributed by atoms with Crippen LogP contribution in [0, 0.1) is 5.92 Å². The van der Waals surface area contributed by atoms with Gasteiger partial charge in [0.2, 0.25) is 0 Å². The zero-order valence-electron chi connectivity index (χ0n) is 16.1. The minimum atomic E-state index is 0.385. The molecule has 0 fully saturated rings.